The van der Waals surface area contributed by atoms with Gasteiger partial charge in [-0.15, -0.1) is 24.8 Å². The van der Waals surface area contributed by atoms with E-state index >= 15 is 0 Å². The van der Waals surface area contributed by atoms with Gasteiger partial charge in [-0.2, -0.15) is 0 Å². The quantitative estimate of drug-likeness (QED) is 0.687. The molecule has 1 saturated carbocycles. The van der Waals surface area contributed by atoms with E-state index in [9.17, 15) is 10.2 Å². The van der Waals surface area contributed by atoms with Gasteiger partial charge in [0.2, 0.25) is 0 Å². The van der Waals surface area contributed by atoms with Crippen molar-refractivity contribution < 1.29 is 14.9 Å². The average molecular weight is 359 g/mol. The molecule has 1 aliphatic heterocycles. The van der Waals surface area contributed by atoms with Crippen LogP contribution < -0.4 is 5.73 Å². The lowest BCUT2D eigenvalue weighted by atomic mass is 9.78. The molecule has 5 nitrogen and oxygen atoms in total. The highest BCUT2D eigenvalue weighted by Crippen LogP contribution is 2.32. The van der Waals surface area contributed by atoms with E-state index in [1.165, 1.54) is 0 Å². The second kappa shape index (κ2) is 11.0. The number of hydrogen-bond acceptors (Lipinski definition) is 5. The molecule has 0 amide bonds. The minimum atomic E-state index is -0.669. The Kier molecular flexibility index (Phi) is 11.2. The molecule has 0 aromatic heterocycles. The fraction of sp³-hybridized carbons (Fsp3) is 1.00. The zero-order valence-electron chi connectivity index (χ0n) is 13.4. The molecule has 3 atom stereocenters. The van der Waals surface area contributed by atoms with Gasteiger partial charge in [0, 0.05) is 25.2 Å². The summed E-state index contributed by atoms with van der Waals surface area (Å²) in [4.78, 5) is 2.31. The summed E-state index contributed by atoms with van der Waals surface area (Å²) in [5.41, 5.74) is 5.99. The minimum absolute atomic E-state index is 0. The fourth-order valence-corrected chi connectivity index (χ4v) is 3.62. The van der Waals surface area contributed by atoms with Gasteiger partial charge in [0.1, 0.15) is 0 Å². The molecule has 1 aliphatic carbocycles. The van der Waals surface area contributed by atoms with E-state index in [0.717, 1.165) is 52.0 Å². The second-order valence-corrected chi connectivity index (χ2v) is 6.28. The molecular formula is C15H32Cl2N2O3. The minimum Gasteiger partial charge on any atom is -0.390 e. The maximum Gasteiger partial charge on any atom is 0.0956 e. The smallest absolute Gasteiger partial charge is 0.0956 e. The van der Waals surface area contributed by atoms with Crippen molar-refractivity contribution in [3.63, 3.8) is 0 Å². The summed E-state index contributed by atoms with van der Waals surface area (Å²) in [6.45, 7) is 5.05. The number of aliphatic hydroxyl groups excluding tert-OH is 2. The van der Waals surface area contributed by atoms with Crippen molar-refractivity contribution in [2.24, 2.45) is 11.7 Å². The molecule has 4 N–H and O–H groups in total. The van der Waals surface area contributed by atoms with Crippen molar-refractivity contribution in [3.8, 4) is 0 Å². The Morgan fingerprint density at radius 3 is 2.14 bits per heavy atom. The summed E-state index contributed by atoms with van der Waals surface area (Å²) in [5, 5.41) is 20.7. The van der Waals surface area contributed by atoms with Crippen LogP contribution in [0, 0.1) is 5.92 Å². The van der Waals surface area contributed by atoms with Gasteiger partial charge in [0.05, 0.1) is 25.4 Å². The van der Waals surface area contributed by atoms with Gasteiger partial charge in [-0.3, -0.25) is 4.90 Å². The number of morpholine rings is 1. The van der Waals surface area contributed by atoms with Crippen LogP contribution in [0.1, 0.15) is 39.0 Å². The third-order valence-electron chi connectivity index (χ3n) is 4.93. The predicted molar refractivity (Wildman–Crippen MR) is 92.9 cm³/mol. The molecular weight excluding hydrogens is 327 g/mol. The molecule has 22 heavy (non-hydrogen) atoms. The number of aliphatic hydroxyl groups is 2. The van der Waals surface area contributed by atoms with Crippen LogP contribution in [0.5, 0.6) is 0 Å². The molecule has 2 aliphatic rings. The summed E-state index contributed by atoms with van der Waals surface area (Å²) < 4.78 is 5.42. The van der Waals surface area contributed by atoms with Gasteiger partial charge in [-0.05, 0) is 38.0 Å². The lowest BCUT2D eigenvalue weighted by Crippen LogP contribution is -2.56. The Balaban J connectivity index is 0.00000220. The molecule has 2 fully saturated rings. The molecule has 0 bridgehead atoms. The van der Waals surface area contributed by atoms with Crippen LogP contribution in [-0.2, 0) is 4.74 Å². The number of nitrogens with two attached hydrogens (primary N) is 1. The van der Waals surface area contributed by atoms with E-state index in [0.29, 0.717) is 18.4 Å². The van der Waals surface area contributed by atoms with Crippen molar-refractivity contribution in [1.29, 1.82) is 0 Å². The Morgan fingerprint density at radius 1 is 1.09 bits per heavy atom. The Hall–Kier alpha value is 0.380. The van der Waals surface area contributed by atoms with Crippen molar-refractivity contribution in [2.75, 3.05) is 26.3 Å². The first kappa shape index (κ1) is 22.4. The van der Waals surface area contributed by atoms with E-state index in [1.54, 1.807) is 0 Å². The van der Waals surface area contributed by atoms with Crippen LogP contribution in [0.4, 0.5) is 0 Å². The Labute approximate surface area is 146 Å². The van der Waals surface area contributed by atoms with E-state index in [-0.39, 0.29) is 30.9 Å². The van der Waals surface area contributed by atoms with Gasteiger partial charge < -0.3 is 20.7 Å². The van der Waals surface area contributed by atoms with Gasteiger partial charge in [0.25, 0.3) is 0 Å². The number of rotatable bonds is 5. The van der Waals surface area contributed by atoms with Gasteiger partial charge in [-0.25, -0.2) is 0 Å². The molecule has 0 aromatic carbocycles. The largest absolute Gasteiger partial charge is 0.390 e. The van der Waals surface area contributed by atoms with Crippen LogP contribution in [0.25, 0.3) is 0 Å². The summed E-state index contributed by atoms with van der Waals surface area (Å²) in [6, 6.07) is 0.353. The number of halogens is 2. The topological polar surface area (TPSA) is 79.0 Å². The second-order valence-electron chi connectivity index (χ2n) is 6.28. The first-order valence-corrected chi connectivity index (χ1v) is 8.07. The lowest BCUT2D eigenvalue weighted by Gasteiger charge is -2.44. The summed E-state index contributed by atoms with van der Waals surface area (Å²) in [6.07, 6.45) is 3.44. The summed E-state index contributed by atoms with van der Waals surface area (Å²) in [5.74, 6) is 0.434. The first-order valence-electron chi connectivity index (χ1n) is 8.07. The van der Waals surface area contributed by atoms with Gasteiger partial charge in [0.15, 0.2) is 0 Å². The molecule has 0 spiro atoms. The third-order valence-corrected chi connectivity index (χ3v) is 4.93. The van der Waals surface area contributed by atoms with Crippen molar-refractivity contribution in [1.82, 2.24) is 4.90 Å². The van der Waals surface area contributed by atoms with E-state index in [2.05, 4.69) is 4.90 Å². The monoisotopic (exact) mass is 358 g/mol. The number of hydrogen-bond donors (Lipinski definition) is 3. The van der Waals surface area contributed by atoms with Gasteiger partial charge >= 0.3 is 0 Å². The maximum absolute atomic E-state index is 10.6. The molecule has 7 heteroatoms. The zero-order chi connectivity index (χ0) is 14.5. The first-order chi connectivity index (χ1) is 9.63. The van der Waals surface area contributed by atoms with Crippen LogP contribution >= 0.6 is 24.8 Å². The standard InChI is InChI=1S/C15H30N2O3.2ClH/c1-2-13(18)15(19)14(17-7-9-20-10-8-17)11-3-5-12(16)6-4-11;;/h11-15,18-19H,2-10,16H2,1H3;2*1H/t11?,12?,13-,14?,15-;;/m1../s1. The van der Waals surface area contributed by atoms with Crippen LogP contribution in [-0.4, -0.2) is 65.7 Å². The van der Waals surface area contributed by atoms with E-state index in [1.807, 2.05) is 6.92 Å². The predicted octanol–water partition coefficient (Wildman–Crippen LogP) is 1.18. The average Bonchev–Trinajstić information content (AvgIpc) is 2.49. The van der Waals surface area contributed by atoms with Gasteiger partial charge in [-0.1, -0.05) is 6.92 Å². The van der Waals surface area contributed by atoms with Crippen LogP contribution in [0.2, 0.25) is 0 Å². The zero-order valence-corrected chi connectivity index (χ0v) is 15.0. The third kappa shape index (κ3) is 5.78. The SMILES string of the molecule is CC[C@@H](O)[C@@H](O)C(C1CCC(N)CC1)N1CCOCC1.Cl.Cl. The highest BCUT2D eigenvalue weighted by atomic mass is 35.5. The van der Waals surface area contributed by atoms with Crippen LogP contribution in [0.15, 0.2) is 0 Å². The normalized spacial score (nSPS) is 30.5. The highest BCUT2D eigenvalue weighted by molar-refractivity contribution is 5.85. The lowest BCUT2D eigenvalue weighted by molar-refractivity contribution is -0.0877. The molecule has 134 valence electrons. The Bertz CT molecular complexity index is 284. The molecule has 1 heterocycles. The maximum atomic E-state index is 10.6. The van der Waals surface area contributed by atoms with Crippen molar-refractivity contribution in [3.05, 3.63) is 0 Å². The molecule has 0 radical (unpaired) electrons. The molecule has 1 unspecified atom stereocenters. The van der Waals surface area contributed by atoms with Crippen LogP contribution in [0.3, 0.4) is 0 Å². The van der Waals surface area contributed by atoms with E-state index < -0.39 is 12.2 Å². The molecule has 2 rings (SSSR count). The number of nitrogens with zero attached hydrogens (tertiary/aromatic N) is 1. The summed E-state index contributed by atoms with van der Waals surface area (Å²) in [7, 11) is 0. The Morgan fingerprint density at radius 2 is 1.64 bits per heavy atom. The van der Waals surface area contributed by atoms with Crippen molar-refractivity contribution >= 4 is 24.8 Å². The summed E-state index contributed by atoms with van der Waals surface area (Å²) >= 11 is 0. The van der Waals surface area contributed by atoms with E-state index in [4.69, 9.17) is 10.5 Å². The number of ether oxygens (including phenoxy) is 1. The molecule has 1 saturated heterocycles. The van der Waals surface area contributed by atoms with Crippen molar-refractivity contribution in [2.45, 2.75) is 63.3 Å². The fourth-order valence-electron chi connectivity index (χ4n) is 3.62. The molecule has 0 aromatic rings. The highest BCUT2D eigenvalue weighted by Gasteiger charge is 2.38.